The van der Waals surface area contributed by atoms with Crippen molar-refractivity contribution < 1.29 is 13.9 Å². The fourth-order valence-electron chi connectivity index (χ4n) is 3.09. The Balaban J connectivity index is 1.74. The van der Waals surface area contributed by atoms with Crippen molar-refractivity contribution in [3.05, 3.63) is 35.1 Å². The fraction of sp³-hybridized carbons (Fsp3) is 0.611. The molecule has 1 fully saturated rings. The fourth-order valence-corrected chi connectivity index (χ4v) is 3.09. The Kier molecular flexibility index (Phi) is 6.71. The molecule has 0 aromatic heterocycles. The van der Waals surface area contributed by atoms with Crippen LogP contribution in [0.25, 0.3) is 0 Å². The maximum Gasteiger partial charge on any atom is 0.234 e. The van der Waals surface area contributed by atoms with Gasteiger partial charge in [0.25, 0.3) is 0 Å². The Morgan fingerprint density at radius 3 is 2.88 bits per heavy atom. The van der Waals surface area contributed by atoms with Crippen molar-refractivity contribution in [1.29, 1.82) is 0 Å². The van der Waals surface area contributed by atoms with Crippen LogP contribution in [0.15, 0.2) is 18.2 Å². The number of nitrogens with zero attached hydrogens (tertiary/aromatic N) is 2. The van der Waals surface area contributed by atoms with Crippen molar-refractivity contribution in [2.75, 3.05) is 40.8 Å². The number of carbonyl (C=O) groups is 1. The van der Waals surface area contributed by atoms with Gasteiger partial charge in [-0.15, -0.1) is 0 Å². The largest absolute Gasteiger partial charge is 0.380 e. The zero-order chi connectivity index (χ0) is 17.7. The van der Waals surface area contributed by atoms with Gasteiger partial charge in [-0.25, -0.2) is 4.39 Å². The smallest absolute Gasteiger partial charge is 0.234 e. The Morgan fingerprint density at radius 1 is 1.50 bits per heavy atom. The van der Waals surface area contributed by atoms with Gasteiger partial charge in [-0.2, -0.15) is 0 Å². The monoisotopic (exact) mass is 337 g/mol. The lowest BCUT2D eigenvalue weighted by Crippen LogP contribution is -2.41. The van der Waals surface area contributed by atoms with Crippen molar-refractivity contribution in [3.63, 3.8) is 0 Å². The number of amides is 1. The van der Waals surface area contributed by atoms with Crippen LogP contribution in [0.1, 0.15) is 17.5 Å². The number of aryl methyl sites for hydroxylation is 1. The first-order valence-electron chi connectivity index (χ1n) is 8.32. The van der Waals surface area contributed by atoms with E-state index in [-0.39, 0.29) is 17.8 Å². The zero-order valence-electron chi connectivity index (χ0n) is 15.0. The molecule has 0 radical (unpaired) electrons. The molecule has 0 bridgehead atoms. The maximum atomic E-state index is 13.5. The first kappa shape index (κ1) is 18.8. The van der Waals surface area contributed by atoms with Gasteiger partial charge in [0.15, 0.2) is 0 Å². The summed E-state index contributed by atoms with van der Waals surface area (Å²) in [5.74, 6) is -0.293. The summed E-state index contributed by atoms with van der Waals surface area (Å²) in [6.07, 6.45) is 1.26. The first-order chi connectivity index (χ1) is 11.4. The minimum Gasteiger partial charge on any atom is -0.380 e. The molecule has 1 amide bonds. The van der Waals surface area contributed by atoms with Crippen molar-refractivity contribution in [1.82, 2.24) is 15.1 Å². The molecule has 1 aromatic carbocycles. The number of likely N-dealkylation sites (N-methyl/N-ethyl adjacent to an activating group) is 2. The number of ether oxygens (including phenoxy) is 1. The lowest BCUT2D eigenvalue weighted by molar-refractivity contribution is -0.122. The van der Waals surface area contributed by atoms with Gasteiger partial charge in [0, 0.05) is 32.8 Å². The van der Waals surface area contributed by atoms with E-state index in [1.807, 2.05) is 18.0 Å². The van der Waals surface area contributed by atoms with Crippen LogP contribution in [0, 0.1) is 12.7 Å². The van der Waals surface area contributed by atoms with Gasteiger partial charge < -0.3 is 10.1 Å². The number of halogens is 1. The summed E-state index contributed by atoms with van der Waals surface area (Å²) >= 11 is 0. The highest BCUT2D eigenvalue weighted by atomic mass is 19.1. The van der Waals surface area contributed by atoms with Gasteiger partial charge in [-0.05, 0) is 44.6 Å². The van der Waals surface area contributed by atoms with Crippen LogP contribution in [0.5, 0.6) is 0 Å². The molecule has 1 aliphatic rings. The van der Waals surface area contributed by atoms with Crippen molar-refractivity contribution in [2.24, 2.45) is 0 Å². The van der Waals surface area contributed by atoms with E-state index in [0.29, 0.717) is 24.7 Å². The topological polar surface area (TPSA) is 44.8 Å². The summed E-state index contributed by atoms with van der Waals surface area (Å²) in [5, 5.41) is 2.85. The number of hydrogen-bond donors (Lipinski definition) is 1. The highest BCUT2D eigenvalue weighted by molar-refractivity contribution is 5.77. The predicted octanol–water partition coefficient (Wildman–Crippen LogP) is 1.40. The molecule has 1 aromatic rings. The average Bonchev–Trinajstić information content (AvgIpc) is 2.88. The van der Waals surface area contributed by atoms with Gasteiger partial charge in [-0.3, -0.25) is 14.6 Å². The summed E-state index contributed by atoms with van der Waals surface area (Å²) < 4.78 is 18.9. The van der Waals surface area contributed by atoms with Crippen LogP contribution >= 0.6 is 0 Å². The maximum absolute atomic E-state index is 13.5. The van der Waals surface area contributed by atoms with Crippen molar-refractivity contribution in [2.45, 2.75) is 32.0 Å². The third-order valence-corrected chi connectivity index (χ3v) is 4.65. The molecular weight excluding hydrogens is 309 g/mol. The second-order valence-corrected chi connectivity index (χ2v) is 6.74. The van der Waals surface area contributed by atoms with E-state index >= 15 is 0 Å². The molecular formula is C18H28FN3O2. The van der Waals surface area contributed by atoms with Crippen LogP contribution in [-0.2, 0) is 16.1 Å². The molecule has 1 aliphatic heterocycles. The summed E-state index contributed by atoms with van der Waals surface area (Å²) in [5.41, 5.74) is 1.38. The molecule has 24 heavy (non-hydrogen) atoms. The normalized spacial score (nSPS) is 21.4. The quantitative estimate of drug-likeness (QED) is 0.817. The van der Waals surface area contributed by atoms with Crippen LogP contribution in [-0.4, -0.2) is 68.7 Å². The second kappa shape index (κ2) is 8.55. The Morgan fingerprint density at radius 2 is 2.25 bits per heavy atom. The Bertz CT molecular complexity index is 567. The Hall–Kier alpha value is -1.50. The number of hydrogen-bond acceptors (Lipinski definition) is 4. The van der Waals surface area contributed by atoms with Gasteiger partial charge in [0.1, 0.15) is 5.82 Å². The van der Waals surface area contributed by atoms with Gasteiger partial charge in [0.2, 0.25) is 5.91 Å². The van der Waals surface area contributed by atoms with E-state index in [9.17, 15) is 9.18 Å². The minimum absolute atomic E-state index is 0.0533. The molecule has 0 unspecified atom stereocenters. The first-order valence-corrected chi connectivity index (χ1v) is 8.32. The number of rotatable bonds is 7. The van der Waals surface area contributed by atoms with Gasteiger partial charge >= 0.3 is 0 Å². The van der Waals surface area contributed by atoms with Gasteiger partial charge in [-0.1, -0.05) is 12.1 Å². The van der Waals surface area contributed by atoms with Crippen LogP contribution in [0.4, 0.5) is 4.39 Å². The standard InChI is InChI=1S/C18H28FN3O2/c1-13-5-6-14(7-17(13)19)9-20-18(23)12-21(2)10-15-8-16(24-4)11-22(15)3/h5-7,15-16H,8-12H2,1-4H3,(H,20,23)/t15-,16-/m0/s1. The van der Waals surface area contributed by atoms with Gasteiger partial charge in [0.05, 0.1) is 12.6 Å². The number of benzene rings is 1. The third-order valence-electron chi connectivity index (χ3n) is 4.65. The van der Waals surface area contributed by atoms with Crippen molar-refractivity contribution in [3.8, 4) is 0 Å². The molecule has 1 N–H and O–H groups in total. The summed E-state index contributed by atoms with van der Waals surface area (Å²) in [6, 6.07) is 5.43. The zero-order valence-corrected chi connectivity index (χ0v) is 15.0. The summed E-state index contributed by atoms with van der Waals surface area (Å²) in [4.78, 5) is 16.4. The minimum atomic E-state index is -0.240. The van der Waals surface area contributed by atoms with E-state index in [2.05, 4.69) is 17.3 Å². The lowest BCUT2D eigenvalue weighted by Gasteiger charge is -2.25. The molecule has 0 spiro atoms. The lowest BCUT2D eigenvalue weighted by atomic mass is 10.1. The predicted molar refractivity (Wildman–Crippen MR) is 92.3 cm³/mol. The summed E-state index contributed by atoms with van der Waals surface area (Å²) in [6.45, 7) is 4.15. The third kappa shape index (κ3) is 5.26. The van der Waals surface area contributed by atoms with E-state index in [1.165, 1.54) is 6.07 Å². The number of carbonyl (C=O) groups excluding carboxylic acids is 1. The Labute approximate surface area is 143 Å². The van der Waals surface area contributed by atoms with E-state index in [0.717, 1.165) is 25.1 Å². The van der Waals surface area contributed by atoms with Crippen LogP contribution < -0.4 is 5.32 Å². The molecule has 1 heterocycles. The van der Waals surface area contributed by atoms with Crippen LogP contribution in [0.2, 0.25) is 0 Å². The molecule has 2 atom stereocenters. The average molecular weight is 337 g/mol. The molecule has 0 saturated carbocycles. The second-order valence-electron chi connectivity index (χ2n) is 6.74. The molecule has 5 nitrogen and oxygen atoms in total. The van der Waals surface area contributed by atoms with E-state index < -0.39 is 0 Å². The molecule has 6 heteroatoms. The highest BCUT2D eigenvalue weighted by Crippen LogP contribution is 2.18. The van der Waals surface area contributed by atoms with Crippen LogP contribution in [0.3, 0.4) is 0 Å². The number of methoxy groups -OCH3 is 1. The molecule has 1 saturated heterocycles. The number of likely N-dealkylation sites (tertiary alicyclic amines) is 1. The van der Waals surface area contributed by atoms with Crippen molar-refractivity contribution >= 4 is 5.91 Å². The molecule has 2 rings (SSSR count). The number of nitrogens with one attached hydrogen (secondary N) is 1. The SMILES string of the molecule is CO[C@H]1C[C@@H](CN(C)CC(=O)NCc2ccc(C)c(F)c2)N(C)C1. The van der Waals surface area contributed by atoms with E-state index in [1.54, 1.807) is 20.1 Å². The molecule has 0 aliphatic carbocycles. The summed E-state index contributed by atoms with van der Waals surface area (Å²) in [7, 11) is 5.77. The van der Waals surface area contributed by atoms with E-state index in [4.69, 9.17) is 4.74 Å². The highest BCUT2D eigenvalue weighted by Gasteiger charge is 2.30. The molecule has 134 valence electrons.